The van der Waals surface area contributed by atoms with E-state index in [-0.39, 0.29) is 24.4 Å². The fourth-order valence-corrected chi connectivity index (χ4v) is 3.85. The van der Waals surface area contributed by atoms with Gasteiger partial charge in [-0.2, -0.15) is 0 Å². The van der Waals surface area contributed by atoms with Crippen LogP contribution in [0.5, 0.6) is 5.75 Å². The number of amides is 1. The van der Waals surface area contributed by atoms with Crippen molar-refractivity contribution in [2.45, 2.75) is 45.1 Å². The molecule has 1 N–H and O–H groups in total. The van der Waals surface area contributed by atoms with Gasteiger partial charge < -0.3 is 10.1 Å². The number of nitrogens with one attached hydrogen (secondary N) is 1. The van der Waals surface area contributed by atoms with E-state index in [0.29, 0.717) is 13.0 Å². The topological polar surface area (TPSA) is 41.6 Å². The molecule has 0 aromatic heterocycles. The summed E-state index contributed by atoms with van der Waals surface area (Å²) in [4.78, 5) is 15.1. The van der Waals surface area contributed by atoms with Crippen LogP contribution in [0.25, 0.3) is 0 Å². The van der Waals surface area contributed by atoms with Gasteiger partial charge in [0.1, 0.15) is 5.75 Å². The number of nitrogens with zero attached hydrogens (tertiary/aromatic N) is 1. The highest BCUT2D eigenvalue weighted by molar-refractivity contribution is 5.85. The first-order chi connectivity index (χ1) is 13.7. The van der Waals surface area contributed by atoms with Gasteiger partial charge in [-0.3, -0.25) is 9.69 Å². The summed E-state index contributed by atoms with van der Waals surface area (Å²) in [6.07, 6.45) is 5.48. The van der Waals surface area contributed by atoms with Gasteiger partial charge in [0.25, 0.3) is 0 Å². The zero-order valence-electron chi connectivity index (χ0n) is 17.5. The molecule has 4 nitrogen and oxygen atoms in total. The van der Waals surface area contributed by atoms with Gasteiger partial charge in [-0.25, -0.2) is 0 Å². The Hall–Kier alpha value is -2.04. The minimum Gasteiger partial charge on any atom is -0.497 e. The number of aryl methyl sites for hydroxylation is 1. The molecular weight excluding hydrogens is 384 g/mol. The molecule has 1 saturated heterocycles. The molecule has 1 aliphatic rings. The van der Waals surface area contributed by atoms with E-state index in [0.717, 1.165) is 24.4 Å². The molecule has 1 fully saturated rings. The molecule has 0 bridgehead atoms. The van der Waals surface area contributed by atoms with Crippen molar-refractivity contribution >= 4 is 18.3 Å². The van der Waals surface area contributed by atoms with Crippen molar-refractivity contribution in [1.29, 1.82) is 0 Å². The Bertz CT molecular complexity index is 738. The molecular formula is C24H33ClN2O2. The van der Waals surface area contributed by atoms with Crippen molar-refractivity contribution in [3.8, 4) is 5.75 Å². The quantitative estimate of drug-likeness (QED) is 0.711. The predicted octanol–water partition coefficient (Wildman–Crippen LogP) is 4.70. The summed E-state index contributed by atoms with van der Waals surface area (Å²) in [5.74, 6) is 0.877. The van der Waals surface area contributed by atoms with Crippen LogP contribution >= 0.6 is 12.4 Å². The van der Waals surface area contributed by atoms with Crippen molar-refractivity contribution < 1.29 is 9.53 Å². The maximum atomic E-state index is 12.5. The third-order valence-corrected chi connectivity index (χ3v) is 5.56. The number of hydrogen-bond donors (Lipinski definition) is 1. The zero-order chi connectivity index (χ0) is 19.8. The average molecular weight is 417 g/mol. The number of benzene rings is 2. The Morgan fingerprint density at radius 3 is 2.21 bits per heavy atom. The molecule has 158 valence electrons. The summed E-state index contributed by atoms with van der Waals surface area (Å²) >= 11 is 0. The summed E-state index contributed by atoms with van der Waals surface area (Å²) in [6, 6.07) is 16.7. The van der Waals surface area contributed by atoms with Crippen LogP contribution in [0.2, 0.25) is 0 Å². The fraction of sp³-hybridized carbons (Fsp3) is 0.458. The molecule has 1 aliphatic heterocycles. The third-order valence-electron chi connectivity index (χ3n) is 5.56. The Labute approximate surface area is 181 Å². The van der Waals surface area contributed by atoms with Crippen LogP contribution in [0.4, 0.5) is 0 Å². The molecule has 2 aromatic rings. The first kappa shape index (κ1) is 23.2. The molecule has 3 rings (SSSR count). The van der Waals surface area contributed by atoms with E-state index in [9.17, 15) is 4.79 Å². The van der Waals surface area contributed by atoms with Crippen LogP contribution in [-0.2, 0) is 11.2 Å². The number of methoxy groups -OCH3 is 1. The van der Waals surface area contributed by atoms with Crippen LogP contribution in [0.1, 0.15) is 48.4 Å². The lowest BCUT2D eigenvalue weighted by atomic mass is 10.0. The van der Waals surface area contributed by atoms with E-state index in [1.165, 1.54) is 36.8 Å². The summed E-state index contributed by atoms with van der Waals surface area (Å²) in [7, 11) is 1.65. The maximum absolute atomic E-state index is 12.5. The van der Waals surface area contributed by atoms with Crippen molar-refractivity contribution in [2.75, 3.05) is 26.7 Å². The van der Waals surface area contributed by atoms with Gasteiger partial charge in [-0.05, 0) is 56.1 Å². The largest absolute Gasteiger partial charge is 0.497 e. The van der Waals surface area contributed by atoms with Crippen LogP contribution in [-0.4, -0.2) is 37.6 Å². The SMILES string of the molecule is COc1ccc(CC(=O)NCC(c2ccc(C)cc2)N2CCCCCC2)cc1.Cl. The number of carbonyl (C=O) groups excluding carboxylic acids is 1. The second kappa shape index (κ2) is 11.8. The number of carbonyl (C=O) groups is 1. The lowest BCUT2D eigenvalue weighted by Gasteiger charge is -2.31. The Balaban J connectivity index is 0.00000300. The second-order valence-corrected chi connectivity index (χ2v) is 7.71. The summed E-state index contributed by atoms with van der Waals surface area (Å²) in [5, 5.41) is 3.18. The van der Waals surface area contributed by atoms with Crippen LogP contribution < -0.4 is 10.1 Å². The van der Waals surface area contributed by atoms with E-state index in [2.05, 4.69) is 41.4 Å². The first-order valence-corrected chi connectivity index (χ1v) is 10.4. The van der Waals surface area contributed by atoms with Crippen molar-refractivity contribution in [1.82, 2.24) is 10.2 Å². The number of likely N-dealkylation sites (tertiary alicyclic amines) is 1. The normalized spacial score (nSPS) is 15.7. The van der Waals surface area contributed by atoms with Crippen LogP contribution in [0, 0.1) is 6.92 Å². The van der Waals surface area contributed by atoms with Gasteiger partial charge in [-0.1, -0.05) is 54.8 Å². The summed E-state index contributed by atoms with van der Waals surface area (Å²) < 4.78 is 5.18. The summed E-state index contributed by atoms with van der Waals surface area (Å²) in [5.41, 5.74) is 3.55. The van der Waals surface area contributed by atoms with Crippen LogP contribution in [0.3, 0.4) is 0 Å². The highest BCUT2D eigenvalue weighted by Gasteiger charge is 2.22. The maximum Gasteiger partial charge on any atom is 0.224 e. The number of hydrogen-bond acceptors (Lipinski definition) is 3. The average Bonchev–Trinajstić information content (AvgIpc) is 2.99. The van der Waals surface area contributed by atoms with E-state index in [4.69, 9.17) is 4.74 Å². The smallest absolute Gasteiger partial charge is 0.224 e. The van der Waals surface area contributed by atoms with Crippen molar-refractivity contribution in [3.05, 3.63) is 65.2 Å². The minimum absolute atomic E-state index is 0. The molecule has 0 radical (unpaired) electrons. The minimum atomic E-state index is 0. The van der Waals surface area contributed by atoms with E-state index in [1.54, 1.807) is 7.11 Å². The molecule has 1 atom stereocenters. The van der Waals surface area contributed by atoms with Gasteiger partial charge in [-0.15, -0.1) is 12.4 Å². The summed E-state index contributed by atoms with van der Waals surface area (Å²) in [6.45, 7) is 4.97. The molecule has 0 spiro atoms. The standard InChI is InChI=1S/C24H32N2O2.ClH/c1-19-7-11-21(12-8-19)23(26-15-5-3-4-6-16-26)18-25-24(27)17-20-9-13-22(28-2)14-10-20;/h7-14,23H,3-6,15-18H2,1-2H3,(H,25,27);1H. The van der Waals surface area contributed by atoms with Crippen molar-refractivity contribution in [3.63, 3.8) is 0 Å². The predicted molar refractivity (Wildman–Crippen MR) is 121 cm³/mol. The van der Waals surface area contributed by atoms with Crippen LogP contribution in [0.15, 0.2) is 48.5 Å². The van der Waals surface area contributed by atoms with E-state index in [1.807, 2.05) is 24.3 Å². The third kappa shape index (κ3) is 7.06. The Morgan fingerprint density at radius 2 is 1.62 bits per heavy atom. The Kier molecular flexibility index (Phi) is 9.49. The molecule has 1 unspecified atom stereocenters. The lowest BCUT2D eigenvalue weighted by molar-refractivity contribution is -0.120. The van der Waals surface area contributed by atoms with Gasteiger partial charge in [0, 0.05) is 6.54 Å². The molecule has 0 aliphatic carbocycles. The molecule has 0 saturated carbocycles. The molecule has 1 heterocycles. The number of halogens is 1. The number of rotatable bonds is 7. The highest BCUT2D eigenvalue weighted by atomic mass is 35.5. The second-order valence-electron chi connectivity index (χ2n) is 7.71. The zero-order valence-corrected chi connectivity index (χ0v) is 18.3. The fourth-order valence-electron chi connectivity index (χ4n) is 3.85. The van der Waals surface area contributed by atoms with Gasteiger partial charge in [0.15, 0.2) is 0 Å². The molecule has 2 aromatic carbocycles. The van der Waals surface area contributed by atoms with Crippen molar-refractivity contribution in [2.24, 2.45) is 0 Å². The Morgan fingerprint density at radius 1 is 1.00 bits per heavy atom. The lowest BCUT2D eigenvalue weighted by Crippen LogP contribution is -2.39. The van der Waals surface area contributed by atoms with E-state index < -0.39 is 0 Å². The number of ether oxygens (including phenoxy) is 1. The molecule has 29 heavy (non-hydrogen) atoms. The van der Waals surface area contributed by atoms with Gasteiger partial charge in [0.05, 0.1) is 19.6 Å². The van der Waals surface area contributed by atoms with Gasteiger partial charge >= 0.3 is 0 Å². The van der Waals surface area contributed by atoms with E-state index >= 15 is 0 Å². The first-order valence-electron chi connectivity index (χ1n) is 10.4. The molecule has 1 amide bonds. The molecule has 5 heteroatoms. The van der Waals surface area contributed by atoms with Gasteiger partial charge in [0.2, 0.25) is 5.91 Å². The highest BCUT2D eigenvalue weighted by Crippen LogP contribution is 2.24. The monoisotopic (exact) mass is 416 g/mol.